The van der Waals surface area contributed by atoms with Gasteiger partial charge in [-0.2, -0.15) is 0 Å². The number of aliphatic hydroxyl groups excluding tert-OH is 2. The molecule has 0 radical (unpaired) electrons. The number of rotatable bonds is 6. The zero-order chi connectivity index (χ0) is 23.8. The second kappa shape index (κ2) is 10.2. The van der Waals surface area contributed by atoms with E-state index in [-0.39, 0.29) is 12.6 Å². The second-order valence-corrected chi connectivity index (χ2v) is 9.33. The van der Waals surface area contributed by atoms with Crippen molar-refractivity contribution < 1.29 is 34.3 Å². The zero-order valence-corrected chi connectivity index (χ0v) is 18.8. The Morgan fingerprint density at radius 1 is 1.09 bits per heavy atom. The van der Waals surface area contributed by atoms with Crippen LogP contribution in [0.1, 0.15) is 26.7 Å². The van der Waals surface area contributed by atoms with Crippen LogP contribution < -0.4 is 28.3 Å². The van der Waals surface area contributed by atoms with E-state index in [9.17, 15) is 15.3 Å². The minimum absolute atomic E-state index is 0.0745. The molecule has 12 N–H and O–H groups in total. The summed E-state index contributed by atoms with van der Waals surface area (Å²) in [6.45, 7) is 3.26. The number of hydrogen-bond donors (Lipinski definition) is 8. The number of ether oxygens (including phenoxy) is 4. The highest BCUT2D eigenvalue weighted by molar-refractivity contribution is 5.07. The lowest BCUT2D eigenvalue weighted by molar-refractivity contribution is -0.303. The van der Waals surface area contributed by atoms with E-state index in [4.69, 9.17) is 41.9 Å². The average molecular weight is 462 g/mol. The molecule has 186 valence electrons. The molecule has 2 fully saturated rings. The van der Waals surface area contributed by atoms with E-state index in [1.807, 2.05) is 6.08 Å². The van der Waals surface area contributed by atoms with E-state index in [1.165, 1.54) is 0 Å². The van der Waals surface area contributed by atoms with Gasteiger partial charge in [0.1, 0.15) is 35.8 Å². The van der Waals surface area contributed by atoms with Crippen molar-refractivity contribution in [3.8, 4) is 0 Å². The van der Waals surface area contributed by atoms with Crippen molar-refractivity contribution in [1.29, 1.82) is 0 Å². The van der Waals surface area contributed by atoms with Crippen molar-refractivity contribution in [3.63, 3.8) is 0 Å². The van der Waals surface area contributed by atoms with Crippen LogP contribution in [0.25, 0.3) is 0 Å². The molecule has 32 heavy (non-hydrogen) atoms. The van der Waals surface area contributed by atoms with E-state index in [2.05, 4.69) is 5.32 Å². The van der Waals surface area contributed by atoms with Crippen LogP contribution in [0.3, 0.4) is 0 Å². The highest BCUT2D eigenvalue weighted by atomic mass is 16.7. The molecule has 0 spiro atoms. The van der Waals surface area contributed by atoms with Crippen LogP contribution >= 0.6 is 0 Å². The predicted octanol–water partition coefficient (Wildman–Crippen LogP) is -3.46. The molecule has 12 nitrogen and oxygen atoms in total. The molecule has 1 aliphatic carbocycles. The quantitative estimate of drug-likeness (QED) is 0.194. The van der Waals surface area contributed by atoms with Gasteiger partial charge in [0, 0.05) is 12.1 Å². The number of hydrogen-bond acceptors (Lipinski definition) is 12. The summed E-state index contributed by atoms with van der Waals surface area (Å²) in [6, 6.07) is -2.72. The Bertz CT molecular complexity index is 666. The maximum absolute atomic E-state index is 11.1. The van der Waals surface area contributed by atoms with Gasteiger partial charge in [-0.3, -0.25) is 0 Å². The van der Waals surface area contributed by atoms with Gasteiger partial charge in [-0.05, 0) is 39.8 Å². The first-order chi connectivity index (χ1) is 15.0. The first-order valence-electron chi connectivity index (χ1n) is 11.0. The normalized spacial score (nSPS) is 48.6. The first-order valence-corrected chi connectivity index (χ1v) is 11.0. The van der Waals surface area contributed by atoms with Crippen LogP contribution in [-0.4, -0.2) is 102 Å². The summed E-state index contributed by atoms with van der Waals surface area (Å²) in [4.78, 5) is 0. The monoisotopic (exact) mass is 461 g/mol. The molecule has 2 heterocycles. The summed E-state index contributed by atoms with van der Waals surface area (Å²) in [5, 5.41) is 35.0. The summed E-state index contributed by atoms with van der Waals surface area (Å²) in [6.07, 6.45) is -3.60. The summed E-state index contributed by atoms with van der Waals surface area (Å²) >= 11 is 0. The Morgan fingerprint density at radius 3 is 2.25 bits per heavy atom. The molecular formula is C20H39N5O7. The van der Waals surface area contributed by atoms with Gasteiger partial charge in [-0.15, -0.1) is 0 Å². The average Bonchev–Trinajstić information content (AvgIpc) is 2.71. The standard InChI is InChI=1S/C20H39N5O7/c1-8(21)12-5-4-9(22)18(30-12)31-15-10(23)6-11(24)16(13(15)26)32-19-14(27)17(25-3)20(2,28)7-29-19/h5,8-11,13-19,25-28H,4,6-7,21-24H2,1-3H3. The smallest absolute Gasteiger partial charge is 0.215 e. The minimum Gasteiger partial charge on any atom is -0.466 e. The van der Waals surface area contributed by atoms with Crippen LogP contribution in [0.15, 0.2) is 11.8 Å². The Balaban J connectivity index is 1.70. The third kappa shape index (κ3) is 5.26. The van der Waals surface area contributed by atoms with Gasteiger partial charge >= 0.3 is 0 Å². The second-order valence-electron chi connectivity index (χ2n) is 9.33. The van der Waals surface area contributed by atoms with Crippen LogP contribution in [0, 0.1) is 0 Å². The van der Waals surface area contributed by atoms with Crippen molar-refractivity contribution in [3.05, 3.63) is 11.8 Å². The van der Waals surface area contributed by atoms with Gasteiger partial charge in [0.2, 0.25) is 6.29 Å². The molecule has 0 amide bonds. The van der Waals surface area contributed by atoms with E-state index < -0.39 is 66.8 Å². The van der Waals surface area contributed by atoms with Crippen LogP contribution in [-0.2, 0) is 18.9 Å². The number of likely N-dealkylation sites (N-methyl/N-ethyl adjacent to an activating group) is 1. The van der Waals surface area contributed by atoms with Gasteiger partial charge in [-0.25, -0.2) is 0 Å². The Morgan fingerprint density at radius 2 is 1.69 bits per heavy atom. The molecule has 0 aromatic rings. The van der Waals surface area contributed by atoms with Crippen LogP contribution in [0.4, 0.5) is 0 Å². The molecular weight excluding hydrogens is 422 g/mol. The molecule has 0 aromatic carbocycles. The SMILES string of the molecule is CNC1C(O)C(OC2C(N)CC(N)C(OC3OC(C(C)N)=CCC3N)C2O)OCC1(C)O. The highest BCUT2D eigenvalue weighted by Crippen LogP contribution is 2.31. The fraction of sp³-hybridized carbons (Fsp3) is 0.900. The fourth-order valence-electron chi connectivity index (χ4n) is 4.57. The summed E-state index contributed by atoms with van der Waals surface area (Å²) in [5.41, 5.74) is 23.2. The molecule has 1 saturated heterocycles. The van der Waals surface area contributed by atoms with Crippen LogP contribution in [0.5, 0.6) is 0 Å². The molecule has 0 aromatic heterocycles. The third-order valence-corrected chi connectivity index (χ3v) is 6.43. The first kappa shape index (κ1) is 25.7. The third-order valence-electron chi connectivity index (χ3n) is 6.43. The fourth-order valence-corrected chi connectivity index (χ4v) is 4.57. The van der Waals surface area contributed by atoms with Crippen molar-refractivity contribution in [2.75, 3.05) is 13.7 Å². The molecule has 12 heteroatoms. The predicted molar refractivity (Wildman–Crippen MR) is 115 cm³/mol. The van der Waals surface area contributed by atoms with Crippen molar-refractivity contribution in [1.82, 2.24) is 5.32 Å². The maximum atomic E-state index is 11.1. The lowest BCUT2D eigenvalue weighted by Gasteiger charge is -2.48. The number of aliphatic hydroxyl groups is 3. The molecule has 12 unspecified atom stereocenters. The highest BCUT2D eigenvalue weighted by Gasteiger charge is 2.50. The summed E-state index contributed by atoms with van der Waals surface area (Å²) in [5.74, 6) is 0.559. The maximum Gasteiger partial charge on any atom is 0.215 e. The number of nitrogens with two attached hydrogens (primary N) is 4. The zero-order valence-electron chi connectivity index (χ0n) is 18.8. The molecule has 2 aliphatic heterocycles. The van der Waals surface area contributed by atoms with Gasteiger partial charge < -0.3 is 62.5 Å². The van der Waals surface area contributed by atoms with E-state index in [0.29, 0.717) is 18.6 Å². The Hall–Kier alpha value is -0.900. The van der Waals surface area contributed by atoms with Crippen LogP contribution in [0.2, 0.25) is 0 Å². The minimum atomic E-state index is -1.30. The summed E-state index contributed by atoms with van der Waals surface area (Å²) in [7, 11) is 1.62. The van der Waals surface area contributed by atoms with Gasteiger partial charge in [0.15, 0.2) is 6.29 Å². The lowest BCUT2D eigenvalue weighted by atomic mass is 9.84. The van der Waals surface area contributed by atoms with Crippen molar-refractivity contribution in [2.24, 2.45) is 22.9 Å². The van der Waals surface area contributed by atoms with Crippen molar-refractivity contribution in [2.45, 2.75) is 99.5 Å². The van der Waals surface area contributed by atoms with Gasteiger partial charge in [0.05, 0.1) is 24.7 Å². The molecule has 0 bridgehead atoms. The largest absolute Gasteiger partial charge is 0.466 e. The van der Waals surface area contributed by atoms with E-state index in [1.54, 1.807) is 20.9 Å². The topological polar surface area (TPSA) is 214 Å². The van der Waals surface area contributed by atoms with Crippen molar-refractivity contribution >= 4 is 0 Å². The van der Waals surface area contributed by atoms with Gasteiger partial charge in [-0.1, -0.05) is 0 Å². The molecule has 1 saturated carbocycles. The molecule has 12 atom stereocenters. The van der Waals surface area contributed by atoms with E-state index in [0.717, 1.165) is 0 Å². The Labute approximate surface area is 188 Å². The van der Waals surface area contributed by atoms with E-state index >= 15 is 0 Å². The lowest BCUT2D eigenvalue weighted by Crippen LogP contribution is -2.68. The number of nitrogens with one attached hydrogen (secondary N) is 1. The summed E-state index contributed by atoms with van der Waals surface area (Å²) < 4.78 is 23.2. The van der Waals surface area contributed by atoms with Gasteiger partial charge in [0.25, 0.3) is 0 Å². The molecule has 3 aliphatic rings. The Kier molecular flexibility index (Phi) is 8.16. The molecule has 3 rings (SSSR count).